The normalized spacial score (nSPS) is 18.5. The molecule has 1 heterocycles. The Morgan fingerprint density at radius 1 is 1.41 bits per heavy atom. The minimum Gasteiger partial charge on any atom is -0.486 e. The Morgan fingerprint density at radius 2 is 2.09 bits per heavy atom. The Kier molecular flexibility index (Phi) is 5.74. The number of para-hydroxylation sites is 1. The maximum Gasteiger partial charge on any atom is 0.252 e. The molecule has 6 heteroatoms. The summed E-state index contributed by atoms with van der Waals surface area (Å²) in [6, 6.07) is 6.22. The van der Waals surface area contributed by atoms with Gasteiger partial charge in [-0.15, -0.1) is 0 Å². The van der Waals surface area contributed by atoms with Gasteiger partial charge in [0.1, 0.15) is 11.7 Å². The maximum absolute atomic E-state index is 13.5. The summed E-state index contributed by atoms with van der Waals surface area (Å²) >= 11 is 0. The lowest BCUT2D eigenvalue weighted by Gasteiger charge is -2.35. The van der Waals surface area contributed by atoms with Crippen molar-refractivity contribution in [1.29, 1.82) is 0 Å². The molecule has 0 aromatic heterocycles. The number of nitrogens with one attached hydrogen (secondary N) is 2. The molecular weight excluding hydrogens is 287 g/mol. The molecule has 0 aliphatic carbocycles. The summed E-state index contributed by atoms with van der Waals surface area (Å²) < 4.78 is 24.5. The molecule has 22 heavy (non-hydrogen) atoms. The van der Waals surface area contributed by atoms with Gasteiger partial charge in [0.15, 0.2) is 11.6 Å². The van der Waals surface area contributed by atoms with Gasteiger partial charge in [-0.1, -0.05) is 12.1 Å². The van der Waals surface area contributed by atoms with E-state index in [1.807, 2.05) is 0 Å². The highest BCUT2D eigenvalue weighted by atomic mass is 19.1. The van der Waals surface area contributed by atoms with Crippen molar-refractivity contribution in [2.24, 2.45) is 0 Å². The number of benzene rings is 1. The van der Waals surface area contributed by atoms with E-state index in [0.717, 1.165) is 13.1 Å². The van der Waals surface area contributed by atoms with Crippen LogP contribution in [0.25, 0.3) is 0 Å². The van der Waals surface area contributed by atoms with E-state index in [0.29, 0.717) is 19.4 Å². The fourth-order valence-corrected chi connectivity index (χ4v) is 2.55. The predicted molar refractivity (Wildman–Crippen MR) is 81.3 cm³/mol. The van der Waals surface area contributed by atoms with Gasteiger partial charge in [-0.2, -0.15) is 0 Å². The van der Waals surface area contributed by atoms with Gasteiger partial charge in [-0.05, 0) is 45.0 Å². The number of carbonyl (C=O) groups excluding carboxylic acids is 1. The van der Waals surface area contributed by atoms with Gasteiger partial charge in [-0.25, -0.2) is 4.39 Å². The SMILES string of the molecule is COC1(C(=O)NCC(C)Oc2ccccc2F)CCNCC1. The lowest BCUT2D eigenvalue weighted by molar-refractivity contribution is -0.147. The van der Waals surface area contributed by atoms with E-state index in [1.165, 1.54) is 6.07 Å². The van der Waals surface area contributed by atoms with E-state index >= 15 is 0 Å². The molecule has 2 N–H and O–H groups in total. The van der Waals surface area contributed by atoms with Crippen molar-refractivity contribution in [2.45, 2.75) is 31.5 Å². The fraction of sp³-hybridized carbons (Fsp3) is 0.562. The molecular formula is C16H23FN2O3. The van der Waals surface area contributed by atoms with E-state index in [-0.39, 0.29) is 17.8 Å². The minimum atomic E-state index is -0.775. The Bertz CT molecular complexity index is 504. The first kappa shape index (κ1) is 16.7. The number of methoxy groups -OCH3 is 1. The van der Waals surface area contributed by atoms with Gasteiger partial charge < -0.3 is 20.1 Å². The van der Waals surface area contributed by atoms with Crippen LogP contribution in [-0.4, -0.2) is 44.4 Å². The Morgan fingerprint density at radius 3 is 2.73 bits per heavy atom. The lowest BCUT2D eigenvalue weighted by Crippen LogP contribution is -2.55. The van der Waals surface area contributed by atoms with Gasteiger partial charge in [0.25, 0.3) is 5.91 Å². The summed E-state index contributed by atoms with van der Waals surface area (Å²) in [6.45, 7) is 3.59. The topological polar surface area (TPSA) is 59.6 Å². The van der Waals surface area contributed by atoms with Gasteiger partial charge in [0.2, 0.25) is 0 Å². The smallest absolute Gasteiger partial charge is 0.252 e. The molecule has 1 aromatic carbocycles. The van der Waals surface area contributed by atoms with Gasteiger partial charge in [-0.3, -0.25) is 4.79 Å². The molecule has 1 fully saturated rings. The molecule has 0 spiro atoms. The van der Waals surface area contributed by atoms with Crippen LogP contribution in [0.4, 0.5) is 4.39 Å². The number of hydrogen-bond acceptors (Lipinski definition) is 4. The maximum atomic E-state index is 13.5. The Labute approximate surface area is 130 Å². The largest absolute Gasteiger partial charge is 0.486 e. The first-order valence-corrected chi connectivity index (χ1v) is 7.53. The van der Waals surface area contributed by atoms with Crippen LogP contribution in [0.3, 0.4) is 0 Å². The van der Waals surface area contributed by atoms with E-state index in [2.05, 4.69) is 10.6 Å². The number of hydrogen-bond donors (Lipinski definition) is 2. The summed E-state index contributed by atoms with van der Waals surface area (Å²) in [6.07, 6.45) is 0.937. The molecule has 2 rings (SSSR count). The summed E-state index contributed by atoms with van der Waals surface area (Å²) in [5, 5.41) is 6.05. The monoisotopic (exact) mass is 310 g/mol. The second kappa shape index (κ2) is 7.56. The first-order valence-electron chi connectivity index (χ1n) is 7.53. The van der Waals surface area contributed by atoms with Crippen LogP contribution in [-0.2, 0) is 9.53 Å². The molecule has 1 amide bonds. The Balaban J connectivity index is 1.86. The summed E-state index contributed by atoms with van der Waals surface area (Å²) in [5.74, 6) is -0.361. The number of piperidine rings is 1. The third kappa shape index (κ3) is 3.96. The van der Waals surface area contributed by atoms with Gasteiger partial charge in [0.05, 0.1) is 6.54 Å². The van der Waals surface area contributed by atoms with Gasteiger partial charge >= 0.3 is 0 Å². The molecule has 0 radical (unpaired) electrons. The lowest BCUT2D eigenvalue weighted by atomic mass is 9.91. The van der Waals surface area contributed by atoms with Gasteiger partial charge in [0, 0.05) is 7.11 Å². The Hall–Kier alpha value is -1.66. The van der Waals surface area contributed by atoms with Crippen LogP contribution in [0.15, 0.2) is 24.3 Å². The van der Waals surface area contributed by atoms with Crippen molar-refractivity contribution in [2.75, 3.05) is 26.7 Å². The quantitative estimate of drug-likeness (QED) is 0.835. The highest BCUT2D eigenvalue weighted by molar-refractivity contribution is 5.85. The van der Waals surface area contributed by atoms with E-state index in [4.69, 9.17) is 9.47 Å². The summed E-state index contributed by atoms with van der Waals surface area (Å²) in [4.78, 5) is 12.4. The third-order valence-corrected chi connectivity index (χ3v) is 3.93. The molecule has 1 aliphatic rings. The zero-order chi connectivity index (χ0) is 16.0. The first-order chi connectivity index (χ1) is 10.6. The number of halogens is 1. The number of rotatable bonds is 6. The molecule has 1 saturated heterocycles. The molecule has 0 bridgehead atoms. The van der Waals surface area contributed by atoms with Crippen molar-refractivity contribution in [3.8, 4) is 5.75 Å². The predicted octanol–water partition coefficient (Wildman–Crippen LogP) is 1.48. The van der Waals surface area contributed by atoms with Crippen LogP contribution in [0.2, 0.25) is 0 Å². The van der Waals surface area contributed by atoms with Crippen LogP contribution in [0, 0.1) is 5.82 Å². The summed E-state index contributed by atoms with van der Waals surface area (Å²) in [5.41, 5.74) is -0.775. The number of amides is 1. The van der Waals surface area contributed by atoms with Crippen molar-refractivity contribution in [3.05, 3.63) is 30.1 Å². The molecule has 5 nitrogen and oxygen atoms in total. The van der Waals surface area contributed by atoms with Crippen LogP contribution < -0.4 is 15.4 Å². The van der Waals surface area contributed by atoms with Crippen molar-refractivity contribution in [1.82, 2.24) is 10.6 Å². The number of ether oxygens (including phenoxy) is 2. The van der Waals surface area contributed by atoms with Crippen LogP contribution in [0.5, 0.6) is 5.75 Å². The second-order valence-electron chi connectivity index (χ2n) is 5.52. The van der Waals surface area contributed by atoms with E-state index in [1.54, 1.807) is 32.2 Å². The second-order valence-corrected chi connectivity index (χ2v) is 5.52. The fourth-order valence-electron chi connectivity index (χ4n) is 2.55. The van der Waals surface area contributed by atoms with Crippen LogP contribution >= 0.6 is 0 Å². The molecule has 0 saturated carbocycles. The zero-order valence-corrected chi connectivity index (χ0v) is 13.0. The van der Waals surface area contributed by atoms with E-state index < -0.39 is 11.4 Å². The molecule has 122 valence electrons. The van der Waals surface area contributed by atoms with Crippen molar-refractivity contribution >= 4 is 5.91 Å². The molecule has 1 unspecified atom stereocenters. The zero-order valence-electron chi connectivity index (χ0n) is 13.0. The molecule has 1 aromatic rings. The standard InChI is InChI=1S/C16H23FN2O3/c1-12(22-14-6-4-3-5-13(14)17)11-19-15(20)16(21-2)7-9-18-10-8-16/h3-6,12,18H,7-11H2,1-2H3,(H,19,20). The molecule has 1 aliphatic heterocycles. The summed E-state index contributed by atoms with van der Waals surface area (Å²) in [7, 11) is 1.56. The van der Waals surface area contributed by atoms with Crippen molar-refractivity contribution < 1.29 is 18.7 Å². The van der Waals surface area contributed by atoms with Crippen molar-refractivity contribution in [3.63, 3.8) is 0 Å². The van der Waals surface area contributed by atoms with Crippen LogP contribution in [0.1, 0.15) is 19.8 Å². The molecule has 1 atom stereocenters. The van der Waals surface area contributed by atoms with E-state index in [9.17, 15) is 9.18 Å². The average Bonchev–Trinajstić information content (AvgIpc) is 2.55. The third-order valence-electron chi connectivity index (χ3n) is 3.93. The average molecular weight is 310 g/mol. The highest BCUT2D eigenvalue weighted by Gasteiger charge is 2.39. The number of carbonyl (C=O) groups is 1. The minimum absolute atomic E-state index is 0.138. The highest BCUT2D eigenvalue weighted by Crippen LogP contribution is 2.22.